The van der Waals surface area contributed by atoms with Crippen LogP contribution in [0.1, 0.15) is 33.0 Å². The van der Waals surface area contributed by atoms with Crippen LogP contribution in [-0.4, -0.2) is 46.8 Å². The van der Waals surface area contributed by atoms with E-state index in [0.717, 1.165) is 26.8 Å². The third kappa shape index (κ3) is 4.11. The summed E-state index contributed by atoms with van der Waals surface area (Å²) in [6.07, 6.45) is -0.264. The quantitative estimate of drug-likeness (QED) is 0.605. The van der Waals surface area contributed by atoms with Gasteiger partial charge in [-0.25, -0.2) is 4.79 Å². The largest absolute Gasteiger partial charge is 0.478 e. The van der Waals surface area contributed by atoms with Crippen molar-refractivity contribution in [2.75, 3.05) is 0 Å². The van der Waals surface area contributed by atoms with Gasteiger partial charge in [0.2, 0.25) is 5.60 Å². The minimum atomic E-state index is -2.11. The van der Waals surface area contributed by atoms with Gasteiger partial charge in [0.1, 0.15) is 11.9 Å². The Hall–Kier alpha value is -3.10. The average molecular weight is 366 g/mol. The molecule has 0 spiro atoms. The van der Waals surface area contributed by atoms with Crippen molar-refractivity contribution in [3.63, 3.8) is 0 Å². The summed E-state index contributed by atoms with van der Waals surface area (Å²) in [6.45, 7) is 3.35. The molecule has 2 rings (SSSR count). The average Bonchev–Trinajstić information content (AvgIpc) is 3.02. The highest BCUT2D eigenvalue weighted by Gasteiger charge is 2.52. The molecule has 1 aliphatic rings. The van der Waals surface area contributed by atoms with E-state index in [0.29, 0.717) is 0 Å². The molecule has 0 aromatic carbocycles. The fraction of sp³-hybridized carbons (Fsp3) is 0.412. The number of carboxylic acids is 1. The Morgan fingerprint density at radius 1 is 1.12 bits per heavy atom. The van der Waals surface area contributed by atoms with E-state index in [1.165, 1.54) is 12.3 Å². The topological polar surface area (TPSA) is 129 Å². The molecular weight excluding hydrogens is 348 g/mol. The van der Waals surface area contributed by atoms with Crippen molar-refractivity contribution in [2.24, 2.45) is 0 Å². The van der Waals surface area contributed by atoms with Crippen molar-refractivity contribution < 1.29 is 42.9 Å². The van der Waals surface area contributed by atoms with Crippen molar-refractivity contribution in [2.45, 2.75) is 45.0 Å². The van der Waals surface area contributed by atoms with Crippen LogP contribution in [0.2, 0.25) is 0 Å². The molecule has 0 saturated heterocycles. The maximum atomic E-state index is 11.9. The Morgan fingerprint density at radius 3 is 2.23 bits per heavy atom. The Morgan fingerprint density at radius 2 is 1.77 bits per heavy atom. The monoisotopic (exact) mass is 366 g/mol. The fourth-order valence-electron chi connectivity index (χ4n) is 2.81. The first-order valence-corrected chi connectivity index (χ1v) is 7.68. The number of carboxylic acid groups (broad SMARTS) is 1. The Kier molecular flexibility index (Phi) is 5.49. The first-order valence-electron chi connectivity index (χ1n) is 7.68. The molecule has 1 aromatic rings. The number of furan rings is 1. The molecule has 0 radical (unpaired) electrons. The van der Waals surface area contributed by atoms with E-state index in [1.807, 2.05) is 0 Å². The van der Waals surface area contributed by atoms with Crippen LogP contribution in [0.5, 0.6) is 0 Å². The zero-order valence-electron chi connectivity index (χ0n) is 14.4. The van der Waals surface area contributed by atoms with Crippen molar-refractivity contribution in [3.05, 3.63) is 30.2 Å². The van der Waals surface area contributed by atoms with Crippen LogP contribution in [0, 0.1) is 0 Å². The number of rotatable bonds is 5. The van der Waals surface area contributed by atoms with E-state index in [4.69, 9.17) is 18.6 Å². The van der Waals surface area contributed by atoms with Gasteiger partial charge in [0.15, 0.2) is 6.10 Å². The van der Waals surface area contributed by atoms with E-state index in [1.54, 1.807) is 6.07 Å². The second-order valence-electron chi connectivity index (χ2n) is 5.75. The molecule has 0 bridgehead atoms. The van der Waals surface area contributed by atoms with Gasteiger partial charge in [-0.1, -0.05) is 0 Å². The van der Waals surface area contributed by atoms with Crippen molar-refractivity contribution in [1.82, 2.24) is 0 Å². The normalized spacial score (nSPS) is 25.0. The number of carbonyl (C=O) groups excluding carboxylic acids is 3. The first kappa shape index (κ1) is 19.2. The van der Waals surface area contributed by atoms with Gasteiger partial charge >= 0.3 is 23.9 Å². The van der Waals surface area contributed by atoms with Gasteiger partial charge in [-0.2, -0.15) is 0 Å². The molecular formula is C17H18O9. The first-order chi connectivity index (χ1) is 12.1. The number of hydrogen-bond donors (Lipinski definition) is 1. The molecule has 1 unspecified atom stereocenters. The van der Waals surface area contributed by atoms with Gasteiger partial charge in [0.25, 0.3) is 0 Å². The summed E-state index contributed by atoms with van der Waals surface area (Å²) >= 11 is 0. The molecule has 1 aromatic heterocycles. The molecule has 140 valence electrons. The smallest absolute Gasteiger partial charge is 0.352 e. The van der Waals surface area contributed by atoms with E-state index in [2.05, 4.69) is 0 Å². The summed E-state index contributed by atoms with van der Waals surface area (Å²) in [5.74, 6) is -3.49. The molecule has 0 aliphatic heterocycles. The van der Waals surface area contributed by atoms with Gasteiger partial charge in [-0.3, -0.25) is 14.4 Å². The third-order valence-corrected chi connectivity index (χ3v) is 3.64. The fourth-order valence-corrected chi connectivity index (χ4v) is 2.81. The molecule has 26 heavy (non-hydrogen) atoms. The van der Waals surface area contributed by atoms with E-state index in [-0.39, 0.29) is 11.3 Å². The summed E-state index contributed by atoms with van der Waals surface area (Å²) in [5.41, 5.74) is -1.99. The maximum absolute atomic E-state index is 11.9. The lowest BCUT2D eigenvalue weighted by Crippen LogP contribution is -2.52. The van der Waals surface area contributed by atoms with Gasteiger partial charge < -0.3 is 23.7 Å². The Labute approximate surface area is 148 Å². The summed E-state index contributed by atoms with van der Waals surface area (Å²) in [5, 5.41) is 9.67. The zero-order chi connectivity index (χ0) is 19.5. The van der Waals surface area contributed by atoms with Crippen molar-refractivity contribution in [3.8, 4) is 0 Å². The number of carbonyl (C=O) groups is 4. The van der Waals surface area contributed by atoms with Crippen molar-refractivity contribution >= 4 is 29.5 Å². The van der Waals surface area contributed by atoms with Crippen LogP contribution in [0.15, 0.2) is 28.9 Å². The van der Waals surface area contributed by atoms with Gasteiger partial charge in [0, 0.05) is 32.8 Å². The standard InChI is InChI=1S/C17H18O9/c1-9(18)24-14-8-17(16(21)22,26-11(3)20)7-12(13-5-4-6-23-13)15(14)25-10(2)19/h4-7,14-15H,8H2,1-3H3,(H,21,22)/t14?,15-,17+/m1/s1. The minimum absolute atomic E-state index is 0.117. The van der Waals surface area contributed by atoms with Gasteiger partial charge in [0.05, 0.1) is 6.26 Å². The molecule has 0 amide bonds. The zero-order valence-corrected chi connectivity index (χ0v) is 14.4. The number of esters is 3. The Balaban J connectivity index is 2.63. The highest BCUT2D eigenvalue weighted by Crippen LogP contribution is 2.39. The van der Waals surface area contributed by atoms with Crippen LogP contribution in [0.3, 0.4) is 0 Å². The Bertz CT molecular complexity index is 746. The summed E-state index contributed by atoms with van der Waals surface area (Å²) in [4.78, 5) is 46.3. The number of aliphatic carboxylic acids is 1. The molecule has 9 heteroatoms. The molecule has 9 nitrogen and oxygen atoms in total. The van der Waals surface area contributed by atoms with Crippen LogP contribution in [0.25, 0.3) is 5.57 Å². The predicted molar refractivity (Wildman–Crippen MR) is 84.5 cm³/mol. The van der Waals surface area contributed by atoms with E-state index in [9.17, 15) is 24.3 Å². The maximum Gasteiger partial charge on any atom is 0.352 e. The molecule has 1 heterocycles. The van der Waals surface area contributed by atoms with Crippen LogP contribution in [-0.2, 0) is 33.4 Å². The van der Waals surface area contributed by atoms with Crippen molar-refractivity contribution in [1.29, 1.82) is 0 Å². The predicted octanol–water partition coefficient (Wildman–Crippen LogP) is 1.32. The summed E-state index contributed by atoms with van der Waals surface area (Å²) in [7, 11) is 0. The lowest BCUT2D eigenvalue weighted by atomic mass is 9.81. The molecule has 0 saturated carbocycles. The third-order valence-electron chi connectivity index (χ3n) is 3.64. The molecule has 1 aliphatic carbocycles. The summed E-state index contributed by atoms with van der Waals surface area (Å²) < 4.78 is 20.7. The highest BCUT2D eigenvalue weighted by molar-refractivity contribution is 5.88. The molecule has 1 N–H and O–H groups in total. The number of ether oxygens (including phenoxy) is 3. The summed E-state index contributed by atoms with van der Waals surface area (Å²) in [6, 6.07) is 3.06. The molecule has 3 atom stereocenters. The van der Waals surface area contributed by atoms with Crippen LogP contribution < -0.4 is 0 Å². The SMILES string of the molecule is CC(=O)OC1C[C@](OC(C)=O)(C(=O)O)C=C(c2ccco2)[C@H]1OC(C)=O. The van der Waals surface area contributed by atoms with Gasteiger partial charge in [-0.15, -0.1) is 0 Å². The second-order valence-corrected chi connectivity index (χ2v) is 5.75. The van der Waals surface area contributed by atoms with E-state index >= 15 is 0 Å². The second kappa shape index (κ2) is 7.42. The lowest BCUT2D eigenvalue weighted by Gasteiger charge is -2.38. The number of hydrogen-bond acceptors (Lipinski definition) is 8. The van der Waals surface area contributed by atoms with Gasteiger partial charge in [-0.05, 0) is 18.2 Å². The minimum Gasteiger partial charge on any atom is -0.478 e. The molecule has 0 fully saturated rings. The lowest BCUT2D eigenvalue weighted by molar-refractivity contribution is -0.183. The highest BCUT2D eigenvalue weighted by atomic mass is 16.6. The van der Waals surface area contributed by atoms with Crippen LogP contribution in [0.4, 0.5) is 0 Å². The van der Waals surface area contributed by atoms with Crippen LogP contribution >= 0.6 is 0 Å². The van der Waals surface area contributed by atoms with E-state index < -0.39 is 48.1 Å².